The molecule has 0 spiro atoms. The number of aromatic nitrogens is 2. The van der Waals surface area contributed by atoms with Crippen LogP contribution in [-0.2, 0) is 11.8 Å². The molecule has 20 heavy (non-hydrogen) atoms. The number of carbonyl (C=O) groups is 1. The Hall–Kier alpha value is -2.30. The molecule has 2 rings (SSSR count). The van der Waals surface area contributed by atoms with E-state index < -0.39 is 0 Å². The minimum atomic E-state index is -0.349. The van der Waals surface area contributed by atoms with Gasteiger partial charge in [-0.05, 0) is 17.7 Å². The average Bonchev–Trinajstić information content (AvgIpc) is 2.91. The van der Waals surface area contributed by atoms with Gasteiger partial charge in [-0.3, -0.25) is 4.68 Å². The number of rotatable bonds is 5. The number of benzene rings is 1. The molecule has 0 fully saturated rings. The summed E-state index contributed by atoms with van der Waals surface area (Å²) in [7, 11) is 3.39. The van der Waals surface area contributed by atoms with Gasteiger partial charge in [-0.1, -0.05) is 19.1 Å². The van der Waals surface area contributed by atoms with Crippen LogP contribution in [0, 0.1) is 0 Å². The van der Waals surface area contributed by atoms with E-state index in [1.54, 1.807) is 25.0 Å². The van der Waals surface area contributed by atoms with Crippen LogP contribution in [0.5, 0.6) is 5.75 Å². The Morgan fingerprint density at radius 3 is 2.60 bits per heavy atom. The number of methoxy groups -OCH3 is 1. The number of hydrogen-bond donors (Lipinski definition) is 0. The Labute approximate surface area is 118 Å². The third kappa shape index (κ3) is 3.38. The van der Waals surface area contributed by atoms with Gasteiger partial charge in [0.15, 0.2) is 0 Å². The first kappa shape index (κ1) is 14.1. The molecular weight excluding hydrogens is 256 g/mol. The molecular formula is C15H18N2O3. The summed E-state index contributed by atoms with van der Waals surface area (Å²) in [5.41, 5.74) is 1.57. The number of ether oxygens (including phenoxy) is 2. The van der Waals surface area contributed by atoms with E-state index in [9.17, 15) is 4.79 Å². The molecule has 0 bridgehead atoms. The maximum absolute atomic E-state index is 11.8. The molecule has 0 aliphatic rings. The lowest BCUT2D eigenvalue weighted by Gasteiger charge is -2.12. The molecule has 0 N–H and O–H groups in total. The van der Waals surface area contributed by atoms with Crippen LogP contribution in [0.25, 0.3) is 0 Å². The van der Waals surface area contributed by atoms with E-state index in [-0.39, 0.29) is 11.9 Å². The Morgan fingerprint density at radius 1 is 1.35 bits per heavy atom. The van der Waals surface area contributed by atoms with Crippen molar-refractivity contribution >= 4 is 5.97 Å². The third-order valence-corrected chi connectivity index (χ3v) is 3.09. The molecule has 0 saturated heterocycles. The first-order valence-corrected chi connectivity index (χ1v) is 6.40. The SMILES string of the molecule is COc1ccc([C@@H](C)COC(=O)c2cnn(C)c2)cc1. The topological polar surface area (TPSA) is 53.4 Å². The van der Waals surface area contributed by atoms with E-state index in [4.69, 9.17) is 9.47 Å². The smallest absolute Gasteiger partial charge is 0.341 e. The van der Waals surface area contributed by atoms with Crippen LogP contribution in [0.15, 0.2) is 36.7 Å². The van der Waals surface area contributed by atoms with Gasteiger partial charge in [0.25, 0.3) is 0 Å². The highest BCUT2D eigenvalue weighted by atomic mass is 16.5. The minimum Gasteiger partial charge on any atom is -0.497 e. The standard InChI is InChI=1S/C15H18N2O3/c1-11(12-4-6-14(19-3)7-5-12)10-20-15(18)13-8-16-17(2)9-13/h4-9,11H,10H2,1-3H3/t11-/m0/s1. The zero-order valence-electron chi connectivity index (χ0n) is 11.9. The molecule has 1 heterocycles. The van der Waals surface area contributed by atoms with E-state index >= 15 is 0 Å². The number of esters is 1. The van der Waals surface area contributed by atoms with Gasteiger partial charge in [-0.25, -0.2) is 4.79 Å². The van der Waals surface area contributed by atoms with Gasteiger partial charge in [-0.15, -0.1) is 0 Å². The van der Waals surface area contributed by atoms with Crippen LogP contribution in [0.3, 0.4) is 0 Å². The number of hydrogen-bond acceptors (Lipinski definition) is 4. The van der Waals surface area contributed by atoms with Crippen LogP contribution in [0.1, 0.15) is 28.8 Å². The minimum absolute atomic E-state index is 0.126. The summed E-state index contributed by atoms with van der Waals surface area (Å²) < 4.78 is 12.0. The van der Waals surface area contributed by atoms with Crippen molar-refractivity contribution in [2.24, 2.45) is 7.05 Å². The average molecular weight is 274 g/mol. The van der Waals surface area contributed by atoms with Gasteiger partial charge < -0.3 is 9.47 Å². The van der Waals surface area contributed by atoms with Crippen LogP contribution in [0.2, 0.25) is 0 Å². The van der Waals surface area contributed by atoms with Crippen LogP contribution in [0.4, 0.5) is 0 Å². The summed E-state index contributed by atoms with van der Waals surface area (Å²) >= 11 is 0. The predicted molar refractivity (Wildman–Crippen MR) is 74.9 cm³/mol. The summed E-state index contributed by atoms with van der Waals surface area (Å²) in [6, 6.07) is 7.74. The van der Waals surface area contributed by atoms with Gasteiger partial charge in [0.05, 0.1) is 25.5 Å². The largest absolute Gasteiger partial charge is 0.497 e. The monoisotopic (exact) mass is 274 g/mol. The third-order valence-electron chi connectivity index (χ3n) is 3.09. The fraction of sp³-hybridized carbons (Fsp3) is 0.333. The van der Waals surface area contributed by atoms with E-state index in [0.717, 1.165) is 11.3 Å². The number of carbonyl (C=O) groups excluding carboxylic acids is 1. The summed E-state index contributed by atoms with van der Waals surface area (Å²) in [5, 5.41) is 3.94. The van der Waals surface area contributed by atoms with Crippen molar-refractivity contribution in [3.05, 3.63) is 47.8 Å². The molecule has 0 saturated carbocycles. The van der Waals surface area contributed by atoms with Crippen molar-refractivity contribution in [2.75, 3.05) is 13.7 Å². The highest BCUT2D eigenvalue weighted by molar-refractivity contribution is 5.88. The van der Waals surface area contributed by atoms with Crippen LogP contribution < -0.4 is 4.74 Å². The lowest BCUT2D eigenvalue weighted by Crippen LogP contribution is -2.10. The number of nitrogens with zero attached hydrogens (tertiary/aromatic N) is 2. The summed E-state index contributed by atoms with van der Waals surface area (Å²) in [6.45, 7) is 2.35. The molecule has 0 aliphatic heterocycles. The Morgan fingerprint density at radius 2 is 2.05 bits per heavy atom. The lowest BCUT2D eigenvalue weighted by molar-refractivity contribution is 0.0485. The fourth-order valence-electron chi connectivity index (χ4n) is 1.84. The zero-order chi connectivity index (χ0) is 14.5. The van der Waals surface area contributed by atoms with E-state index in [0.29, 0.717) is 12.2 Å². The Balaban J connectivity index is 1.91. The van der Waals surface area contributed by atoms with Crippen molar-refractivity contribution in [3.8, 4) is 5.75 Å². The molecule has 5 heteroatoms. The van der Waals surface area contributed by atoms with Crippen molar-refractivity contribution in [3.63, 3.8) is 0 Å². The molecule has 1 aromatic carbocycles. The normalized spacial score (nSPS) is 11.9. The van der Waals surface area contributed by atoms with E-state index in [1.165, 1.54) is 6.20 Å². The van der Waals surface area contributed by atoms with Gasteiger partial charge in [0, 0.05) is 19.2 Å². The molecule has 1 atom stereocenters. The molecule has 5 nitrogen and oxygen atoms in total. The van der Waals surface area contributed by atoms with Crippen molar-refractivity contribution in [1.82, 2.24) is 9.78 Å². The quantitative estimate of drug-likeness (QED) is 0.786. The molecule has 2 aromatic rings. The van der Waals surface area contributed by atoms with Crippen LogP contribution >= 0.6 is 0 Å². The highest BCUT2D eigenvalue weighted by Crippen LogP contribution is 2.19. The van der Waals surface area contributed by atoms with Crippen LogP contribution in [-0.4, -0.2) is 29.5 Å². The molecule has 106 valence electrons. The molecule has 0 unspecified atom stereocenters. The van der Waals surface area contributed by atoms with Gasteiger partial charge >= 0.3 is 5.97 Å². The van der Waals surface area contributed by atoms with Gasteiger partial charge in [-0.2, -0.15) is 5.10 Å². The summed E-state index contributed by atoms with van der Waals surface area (Å²) in [6.07, 6.45) is 3.14. The predicted octanol–water partition coefficient (Wildman–Crippen LogP) is 2.39. The van der Waals surface area contributed by atoms with Crippen molar-refractivity contribution in [2.45, 2.75) is 12.8 Å². The molecule has 1 aromatic heterocycles. The molecule has 0 amide bonds. The molecule has 0 radical (unpaired) electrons. The van der Waals surface area contributed by atoms with Crippen molar-refractivity contribution in [1.29, 1.82) is 0 Å². The zero-order valence-corrected chi connectivity index (χ0v) is 11.9. The highest BCUT2D eigenvalue weighted by Gasteiger charge is 2.12. The summed E-state index contributed by atoms with van der Waals surface area (Å²) in [4.78, 5) is 11.8. The molecule has 0 aliphatic carbocycles. The summed E-state index contributed by atoms with van der Waals surface area (Å²) in [5.74, 6) is 0.591. The Kier molecular flexibility index (Phi) is 4.40. The lowest BCUT2D eigenvalue weighted by atomic mass is 10.0. The number of aryl methyl sites for hydroxylation is 1. The second-order valence-corrected chi connectivity index (χ2v) is 4.68. The van der Waals surface area contributed by atoms with E-state index in [1.807, 2.05) is 31.2 Å². The maximum atomic E-state index is 11.8. The first-order chi connectivity index (χ1) is 9.60. The Bertz CT molecular complexity index is 575. The van der Waals surface area contributed by atoms with E-state index in [2.05, 4.69) is 5.10 Å². The second kappa shape index (κ2) is 6.23. The fourth-order valence-corrected chi connectivity index (χ4v) is 1.84. The first-order valence-electron chi connectivity index (χ1n) is 6.40. The van der Waals surface area contributed by atoms with Gasteiger partial charge in [0.1, 0.15) is 5.75 Å². The second-order valence-electron chi connectivity index (χ2n) is 4.68. The van der Waals surface area contributed by atoms with Gasteiger partial charge in [0.2, 0.25) is 0 Å². The maximum Gasteiger partial charge on any atom is 0.341 e. The van der Waals surface area contributed by atoms with Crippen molar-refractivity contribution < 1.29 is 14.3 Å².